The Morgan fingerprint density at radius 2 is 2.27 bits per heavy atom. The number of hydrogen-bond acceptors (Lipinski definition) is 1. The smallest absolute Gasteiger partial charge is 0.141 e. The standard InChI is InChI=1S/C12H15ClFN/c1-2-3-4-5-12(15)9-6-7-11(14)10(13)8-9/h2,6-8,12H,1,3-5,15H2. The van der Waals surface area contributed by atoms with Gasteiger partial charge in [0.05, 0.1) is 5.02 Å². The van der Waals surface area contributed by atoms with E-state index < -0.39 is 5.82 Å². The summed E-state index contributed by atoms with van der Waals surface area (Å²) in [4.78, 5) is 0. The van der Waals surface area contributed by atoms with Crippen LogP contribution in [0.15, 0.2) is 30.9 Å². The molecule has 1 unspecified atom stereocenters. The molecule has 1 nitrogen and oxygen atoms in total. The van der Waals surface area contributed by atoms with Gasteiger partial charge in [0.25, 0.3) is 0 Å². The summed E-state index contributed by atoms with van der Waals surface area (Å²) in [6.07, 6.45) is 4.65. The monoisotopic (exact) mass is 227 g/mol. The van der Waals surface area contributed by atoms with Crippen molar-refractivity contribution in [3.8, 4) is 0 Å². The average molecular weight is 228 g/mol. The third kappa shape index (κ3) is 3.65. The summed E-state index contributed by atoms with van der Waals surface area (Å²) in [5, 5.41) is 0.131. The normalized spacial score (nSPS) is 12.5. The van der Waals surface area contributed by atoms with Gasteiger partial charge in [-0.05, 0) is 37.0 Å². The molecule has 0 fully saturated rings. The fourth-order valence-electron chi connectivity index (χ4n) is 1.39. The van der Waals surface area contributed by atoms with Gasteiger partial charge in [-0.2, -0.15) is 0 Å². The van der Waals surface area contributed by atoms with Gasteiger partial charge in [-0.15, -0.1) is 6.58 Å². The van der Waals surface area contributed by atoms with Gasteiger partial charge in [-0.3, -0.25) is 0 Å². The van der Waals surface area contributed by atoms with Gasteiger partial charge in [-0.25, -0.2) is 4.39 Å². The van der Waals surface area contributed by atoms with Crippen LogP contribution < -0.4 is 5.73 Å². The Hall–Kier alpha value is -0.860. The Bertz CT molecular complexity index is 338. The second-order valence-corrected chi connectivity index (χ2v) is 3.91. The fraction of sp³-hybridized carbons (Fsp3) is 0.333. The van der Waals surface area contributed by atoms with Crippen molar-refractivity contribution in [3.05, 3.63) is 47.3 Å². The highest BCUT2D eigenvalue weighted by atomic mass is 35.5. The topological polar surface area (TPSA) is 26.0 Å². The van der Waals surface area contributed by atoms with Crippen molar-refractivity contribution in [1.82, 2.24) is 0 Å². The third-order valence-electron chi connectivity index (χ3n) is 2.30. The van der Waals surface area contributed by atoms with Crippen molar-refractivity contribution in [2.75, 3.05) is 0 Å². The number of allylic oxidation sites excluding steroid dienone is 1. The zero-order valence-electron chi connectivity index (χ0n) is 8.55. The predicted octanol–water partition coefficient (Wildman–Crippen LogP) is 3.84. The summed E-state index contributed by atoms with van der Waals surface area (Å²) < 4.78 is 12.9. The number of rotatable bonds is 5. The van der Waals surface area contributed by atoms with E-state index in [0.717, 1.165) is 24.8 Å². The molecule has 0 aliphatic heterocycles. The van der Waals surface area contributed by atoms with Gasteiger partial charge in [0, 0.05) is 6.04 Å². The van der Waals surface area contributed by atoms with Gasteiger partial charge in [0.15, 0.2) is 0 Å². The molecule has 0 heterocycles. The van der Waals surface area contributed by atoms with Crippen molar-refractivity contribution < 1.29 is 4.39 Å². The highest BCUT2D eigenvalue weighted by molar-refractivity contribution is 6.30. The van der Waals surface area contributed by atoms with Crippen LogP contribution in [0, 0.1) is 5.82 Å². The maximum atomic E-state index is 12.9. The second-order valence-electron chi connectivity index (χ2n) is 3.50. The maximum Gasteiger partial charge on any atom is 0.141 e. The molecule has 0 bridgehead atoms. The van der Waals surface area contributed by atoms with Crippen LogP contribution in [0.1, 0.15) is 30.9 Å². The first kappa shape index (κ1) is 12.2. The lowest BCUT2D eigenvalue weighted by atomic mass is 10.0. The van der Waals surface area contributed by atoms with E-state index in [2.05, 4.69) is 6.58 Å². The van der Waals surface area contributed by atoms with Crippen LogP contribution in [-0.2, 0) is 0 Å². The van der Waals surface area contributed by atoms with Crippen LogP contribution in [0.25, 0.3) is 0 Å². The molecule has 0 amide bonds. The van der Waals surface area contributed by atoms with Crippen LogP contribution in [0.4, 0.5) is 4.39 Å². The SMILES string of the molecule is C=CCCCC(N)c1ccc(F)c(Cl)c1. The number of benzene rings is 1. The van der Waals surface area contributed by atoms with E-state index >= 15 is 0 Å². The molecule has 1 aromatic carbocycles. The summed E-state index contributed by atoms with van der Waals surface area (Å²) in [6, 6.07) is 4.54. The van der Waals surface area contributed by atoms with Gasteiger partial charge in [0.2, 0.25) is 0 Å². The third-order valence-corrected chi connectivity index (χ3v) is 2.58. The van der Waals surface area contributed by atoms with Crippen molar-refractivity contribution in [2.24, 2.45) is 5.73 Å². The fourth-order valence-corrected chi connectivity index (χ4v) is 1.58. The Labute approximate surface area is 94.7 Å². The lowest BCUT2D eigenvalue weighted by Crippen LogP contribution is -2.10. The van der Waals surface area contributed by atoms with E-state index in [1.54, 1.807) is 12.1 Å². The minimum Gasteiger partial charge on any atom is -0.324 e. The Morgan fingerprint density at radius 1 is 1.53 bits per heavy atom. The first-order chi connectivity index (χ1) is 7.15. The average Bonchev–Trinajstić information content (AvgIpc) is 2.22. The zero-order chi connectivity index (χ0) is 11.3. The Balaban J connectivity index is 2.61. The Kier molecular flexibility index (Phi) is 4.79. The highest BCUT2D eigenvalue weighted by Crippen LogP contribution is 2.22. The quantitative estimate of drug-likeness (QED) is 0.600. The van der Waals surface area contributed by atoms with Gasteiger partial charge < -0.3 is 5.73 Å². The molecular weight excluding hydrogens is 213 g/mol. The molecule has 2 N–H and O–H groups in total. The highest BCUT2D eigenvalue weighted by Gasteiger charge is 2.07. The molecule has 82 valence electrons. The first-order valence-electron chi connectivity index (χ1n) is 4.96. The molecule has 1 rings (SSSR count). The molecule has 0 spiro atoms. The predicted molar refractivity (Wildman–Crippen MR) is 62.4 cm³/mol. The molecule has 0 saturated heterocycles. The molecule has 1 atom stereocenters. The summed E-state index contributed by atoms with van der Waals surface area (Å²) >= 11 is 5.67. The Morgan fingerprint density at radius 3 is 2.87 bits per heavy atom. The number of halogens is 2. The van der Waals surface area contributed by atoms with E-state index in [0.29, 0.717) is 0 Å². The molecule has 0 aromatic heterocycles. The van der Waals surface area contributed by atoms with Crippen molar-refractivity contribution in [3.63, 3.8) is 0 Å². The summed E-state index contributed by atoms with van der Waals surface area (Å²) in [5.41, 5.74) is 6.82. The van der Waals surface area contributed by atoms with Crippen LogP contribution in [0.2, 0.25) is 5.02 Å². The number of unbranched alkanes of at least 4 members (excludes halogenated alkanes) is 1. The lowest BCUT2D eigenvalue weighted by Gasteiger charge is -2.11. The van der Waals surface area contributed by atoms with Crippen molar-refractivity contribution in [2.45, 2.75) is 25.3 Å². The summed E-state index contributed by atoms with van der Waals surface area (Å²) in [7, 11) is 0. The zero-order valence-corrected chi connectivity index (χ0v) is 9.30. The van der Waals surface area contributed by atoms with Crippen LogP contribution >= 0.6 is 11.6 Å². The van der Waals surface area contributed by atoms with E-state index in [1.807, 2.05) is 6.08 Å². The maximum absolute atomic E-state index is 12.9. The minimum atomic E-state index is -0.404. The molecule has 1 aromatic rings. The molecule has 0 radical (unpaired) electrons. The van der Waals surface area contributed by atoms with E-state index in [4.69, 9.17) is 17.3 Å². The van der Waals surface area contributed by atoms with Gasteiger partial charge in [0.1, 0.15) is 5.82 Å². The summed E-state index contributed by atoms with van der Waals surface area (Å²) in [5.74, 6) is -0.404. The number of hydrogen-bond donors (Lipinski definition) is 1. The molecule has 0 saturated carbocycles. The second kappa shape index (κ2) is 5.89. The molecule has 15 heavy (non-hydrogen) atoms. The van der Waals surface area contributed by atoms with Gasteiger partial charge in [-0.1, -0.05) is 23.7 Å². The molecular formula is C12H15ClFN. The van der Waals surface area contributed by atoms with Crippen LogP contribution in [0.3, 0.4) is 0 Å². The number of nitrogens with two attached hydrogens (primary N) is 1. The van der Waals surface area contributed by atoms with Crippen molar-refractivity contribution >= 4 is 11.6 Å². The lowest BCUT2D eigenvalue weighted by molar-refractivity contribution is 0.607. The first-order valence-corrected chi connectivity index (χ1v) is 5.34. The largest absolute Gasteiger partial charge is 0.324 e. The molecule has 3 heteroatoms. The van der Waals surface area contributed by atoms with Crippen molar-refractivity contribution in [1.29, 1.82) is 0 Å². The minimum absolute atomic E-state index is 0.0805. The van der Waals surface area contributed by atoms with Gasteiger partial charge >= 0.3 is 0 Å². The van der Waals surface area contributed by atoms with E-state index in [9.17, 15) is 4.39 Å². The van der Waals surface area contributed by atoms with E-state index in [-0.39, 0.29) is 11.1 Å². The van der Waals surface area contributed by atoms with E-state index in [1.165, 1.54) is 6.07 Å². The van der Waals surface area contributed by atoms with Crippen LogP contribution in [-0.4, -0.2) is 0 Å². The summed E-state index contributed by atoms with van der Waals surface area (Å²) in [6.45, 7) is 3.64. The van der Waals surface area contributed by atoms with Crippen LogP contribution in [0.5, 0.6) is 0 Å². The molecule has 0 aliphatic rings. The molecule has 0 aliphatic carbocycles.